The summed E-state index contributed by atoms with van der Waals surface area (Å²) in [5.74, 6) is 1.77. The maximum absolute atomic E-state index is 5.75. The van der Waals surface area contributed by atoms with E-state index in [1.165, 1.54) is 19.3 Å². The average molecular weight is 290 g/mol. The van der Waals surface area contributed by atoms with Gasteiger partial charge in [0, 0.05) is 3.92 Å². The summed E-state index contributed by atoms with van der Waals surface area (Å²) in [6.07, 6.45) is 10.9. The van der Waals surface area contributed by atoms with E-state index in [1.54, 1.807) is 0 Å². The maximum atomic E-state index is 5.75. The molecular formula is C11H15IO. The summed E-state index contributed by atoms with van der Waals surface area (Å²) >= 11 is 2.49. The van der Waals surface area contributed by atoms with E-state index in [-0.39, 0.29) is 0 Å². The second-order valence-electron chi connectivity index (χ2n) is 3.76. The van der Waals surface area contributed by atoms with Crippen molar-refractivity contribution in [3.63, 3.8) is 0 Å². The Labute approximate surface area is 93.4 Å². The Morgan fingerprint density at radius 3 is 2.92 bits per heavy atom. The highest BCUT2D eigenvalue weighted by molar-refractivity contribution is 14.1. The van der Waals surface area contributed by atoms with Crippen LogP contribution in [0.1, 0.15) is 26.2 Å². The third-order valence-electron chi connectivity index (χ3n) is 2.53. The van der Waals surface area contributed by atoms with Crippen molar-refractivity contribution in [3.8, 4) is 0 Å². The molecule has 2 aliphatic carbocycles. The van der Waals surface area contributed by atoms with Gasteiger partial charge in [0.25, 0.3) is 0 Å². The van der Waals surface area contributed by atoms with Crippen molar-refractivity contribution in [2.45, 2.75) is 36.2 Å². The predicted octanol–water partition coefficient (Wildman–Crippen LogP) is 3.45. The summed E-state index contributed by atoms with van der Waals surface area (Å²) in [7, 11) is 0. The number of hydrogen-bond donors (Lipinski definition) is 0. The molecule has 0 saturated heterocycles. The normalized spacial score (nSPS) is 32.9. The molecule has 2 heteroatoms. The zero-order chi connectivity index (χ0) is 9.26. The molecule has 0 aromatic heterocycles. The Hall–Kier alpha value is 0.01000. The minimum absolute atomic E-state index is 0.527. The van der Waals surface area contributed by atoms with Crippen LogP contribution in [0.4, 0.5) is 0 Å². The van der Waals surface area contributed by atoms with Crippen molar-refractivity contribution < 1.29 is 4.74 Å². The van der Waals surface area contributed by atoms with Gasteiger partial charge in [-0.05, 0) is 37.3 Å². The quantitative estimate of drug-likeness (QED) is 0.571. The van der Waals surface area contributed by atoms with Crippen molar-refractivity contribution in [3.05, 3.63) is 24.0 Å². The van der Waals surface area contributed by atoms with Gasteiger partial charge in [-0.25, -0.2) is 0 Å². The minimum atomic E-state index is 0.527. The zero-order valence-corrected chi connectivity index (χ0v) is 10.0. The number of halogens is 1. The fraction of sp³-hybridized carbons (Fsp3) is 0.636. The molecule has 2 atom stereocenters. The summed E-state index contributed by atoms with van der Waals surface area (Å²) in [5, 5.41) is 0. The van der Waals surface area contributed by atoms with Gasteiger partial charge < -0.3 is 4.74 Å². The van der Waals surface area contributed by atoms with Crippen LogP contribution in [0.2, 0.25) is 0 Å². The molecule has 2 aliphatic rings. The van der Waals surface area contributed by atoms with Crippen molar-refractivity contribution in [2.24, 2.45) is 5.92 Å². The van der Waals surface area contributed by atoms with E-state index in [0.717, 1.165) is 5.76 Å². The van der Waals surface area contributed by atoms with E-state index in [4.69, 9.17) is 4.74 Å². The summed E-state index contributed by atoms with van der Waals surface area (Å²) in [6.45, 7) is 2.24. The molecule has 0 aromatic rings. The first-order valence-corrected chi connectivity index (χ1v) is 6.25. The molecule has 0 radical (unpaired) electrons. The van der Waals surface area contributed by atoms with E-state index < -0.39 is 0 Å². The Bertz CT molecular complexity index is 240. The van der Waals surface area contributed by atoms with Crippen LogP contribution in [0.3, 0.4) is 0 Å². The first-order chi connectivity index (χ1) is 6.29. The second kappa shape index (κ2) is 4.03. The van der Waals surface area contributed by atoms with Gasteiger partial charge in [0.2, 0.25) is 0 Å². The fourth-order valence-corrected chi connectivity index (χ4v) is 2.41. The van der Waals surface area contributed by atoms with Crippen molar-refractivity contribution in [1.29, 1.82) is 0 Å². The third-order valence-corrected chi connectivity index (χ3v) is 3.87. The molecule has 1 saturated carbocycles. The molecule has 0 amide bonds. The van der Waals surface area contributed by atoms with E-state index in [9.17, 15) is 0 Å². The van der Waals surface area contributed by atoms with Crippen LogP contribution in [0.15, 0.2) is 24.0 Å². The van der Waals surface area contributed by atoms with Crippen LogP contribution in [-0.4, -0.2) is 10.0 Å². The number of alkyl halides is 1. The number of hydrogen-bond acceptors (Lipinski definition) is 1. The topological polar surface area (TPSA) is 9.23 Å². The van der Waals surface area contributed by atoms with Gasteiger partial charge in [-0.3, -0.25) is 0 Å². The summed E-state index contributed by atoms with van der Waals surface area (Å²) in [4.78, 5) is 0. The second-order valence-corrected chi connectivity index (χ2v) is 5.20. The van der Waals surface area contributed by atoms with Crippen LogP contribution in [0, 0.1) is 5.92 Å². The van der Waals surface area contributed by atoms with Crippen LogP contribution in [0.25, 0.3) is 0 Å². The van der Waals surface area contributed by atoms with Crippen molar-refractivity contribution in [1.82, 2.24) is 0 Å². The van der Waals surface area contributed by atoms with Crippen LogP contribution < -0.4 is 0 Å². The van der Waals surface area contributed by atoms with Crippen LogP contribution >= 0.6 is 22.6 Å². The SMILES string of the molecule is CCC1C=C(OC2CC2)C=CC1I. The van der Waals surface area contributed by atoms with Gasteiger partial charge in [0.05, 0.1) is 6.10 Å². The maximum Gasteiger partial charge on any atom is 0.115 e. The van der Waals surface area contributed by atoms with Gasteiger partial charge in [-0.1, -0.05) is 35.6 Å². The molecule has 0 N–H and O–H groups in total. The van der Waals surface area contributed by atoms with Gasteiger partial charge in [-0.15, -0.1) is 0 Å². The molecule has 0 bridgehead atoms. The van der Waals surface area contributed by atoms with Gasteiger partial charge in [0.15, 0.2) is 0 Å². The Kier molecular flexibility index (Phi) is 2.96. The minimum Gasteiger partial charge on any atom is -0.491 e. The Morgan fingerprint density at radius 1 is 1.54 bits per heavy atom. The molecule has 0 spiro atoms. The van der Waals surface area contributed by atoms with Crippen molar-refractivity contribution in [2.75, 3.05) is 0 Å². The molecule has 72 valence electrons. The zero-order valence-electron chi connectivity index (χ0n) is 7.87. The van der Waals surface area contributed by atoms with E-state index >= 15 is 0 Å². The average Bonchev–Trinajstić information content (AvgIpc) is 2.92. The van der Waals surface area contributed by atoms with E-state index in [0.29, 0.717) is 15.9 Å². The highest BCUT2D eigenvalue weighted by Crippen LogP contribution is 2.31. The molecule has 2 rings (SSSR count). The van der Waals surface area contributed by atoms with Gasteiger partial charge in [-0.2, -0.15) is 0 Å². The molecule has 0 aliphatic heterocycles. The van der Waals surface area contributed by atoms with Gasteiger partial charge in [0.1, 0.15) is 5.76 Å². The third kappa shape index (κ3) is 2.48. The summed E-state index contributed by atoms with van der Waals surface area (Å²) in [6, 6.07) is 0. The van der Waals surface area contributed by atoms with Crippen molar-refractivity contribution >= 4 is 22.6 Å². The van der Waals surface area contributed by atoms with Crippen LogP contribution in [-0.2, 0) is 4.74 Å². The molecule has 0 heterocycles. The first kappa shape index (κ1) is 9.56. The summed E-state index contributed by atoms with van der Waals surface area (Å²) in [5.41, 5.74) is 0. The van der Waals surface area contributed by atoms with E-state index in [1.807, 2.05) is 0 Å². The molecule has 0 aromatic carbocycles. The number of rotatable bonds is 3. The number of allylic oxidation sites excluding steroid dienone is 3. The Balaban J connectivity index is 1.98. The lowest BCUT2D eigenvalue weighted by Crippen LogP contribution is -2.13. The lowest BCUT2D eigenvalue weighted by molar-refractivity contribution is 0.205. The molecule has 13 heavy (non-hydrogen) atoms. The lowest BCUT2D eigenvalue weighted by atomic mass is 9.97. The first-order valence-electron chi connectivity index (χ1n) is 5.00. The smallest absolute Gasteiger partial charge is 0.115 e. The lowest BCUT2D eigenvalue weighted by Gasteiger charge is -2.20. The highest BCUT2D eigenvalue weighted by Gasteiger charge is 2.25. The molecular weight excluding hydrogens is 275 g/mol. The molecule has 2 unspecified atom stereocenters. The molecule has 1 nitrogen and oxygen atoms in total. The van der Waals surface area contributed by atoms with Crippen LogP contribution in [0.5, 0.6) is 0 Å². The Morgan fingerprint density at radius 2 is 2.31 bits per heavy atom. The molecule has 1 fully saturated rings. The summed E-state index contributed by atoms with van der Waals surface area (Å²) < 4.78 is 6.40. The highest BCUT2D eigenvalue weighted by atomic mass is 127. The van der Waals surface area contributed by atoms with E-state index in [2.05, 4.69) is 47.7 Å². The standard InChI is InChI=1S/C11H15IO/c1-2-8-7-10(5-6-11(8)12)13-9-3-4-9/h5-9,11H,2-4H2,1H3. The van der Waals surface area contributed by atoms with Gasteiger partial charge >= 0.3 is 0 Å². The number of ether oxygens (including phenoxy) is 1. The predicted molar refractivity (Wildman–Crippen MR) is 62.9 cm³/mol. The largest absolute Gasteiger partial charge is 0.491 e. The fourth-order valence-electron chi connectivity index (χ4n) is 1.49. The monoisotopic (exact) mass is 290 g/mol.